The van der Waals surface area contributed by atoms with Crippen molar-refractivity contribution < 1.29 is 18.4 Å². The van der Waals surface area contributed by atoms with Gasteiger partial charge >= 0.3 is 0 Å². The van der Waals surface area contributed by atoms with Crippen molar-refractivity contribution in [3.05, 3.63) is 35.4 Å². The van der Waals surface area contributed by atoms with Crippen molar-refractivity contribution in [2.45, 2.75) is 44.6 Å². The Labute approximate surface area is 158 Å². The summed E-state index contributed by atoms with van der Waals surface area (Å²) in [6, 6.07) is 3.21. The number of likely N-dealkylation sites (tertiary alicyclic amines) is 1. The summed E-state index contributed by atoms with van der Waals surface area (Å²) in [6.07, 6.45) is 3.27. The van der Waals surface area contributed by atoms with Crippen molar-refractivity contribution >= 4 is 24.2 Å². The second-order valence-corrected chi connectivity index (χ2v) is 6.32. The third kappa shape index (κ3) is 6.53. The summed E-state index contributed by atoms with van der Waals surface area (Å²) in [5, 5.41) is 2.81. The van der Waals surface area contributed by atoms with Gasteiger partial charge in [-0.1, -0.05) is 0 Å². The number of nitrogens with one attached hydrogen (secondary N) is 1. The van der Waals surface area contributed by atoms with Crippen LogP contribution in [-0.4, -0.2) is 42.4 Å². The van der Waals surface area contributed by atoms with Gasteiger partial charge in [0.15, 0.2) is 0 Å². The largest absolute Gasteiger partial charge is 0.354 e. The SMILES string of the molecule is Cl.NCCC(=O)NCC1CCCCN1C(=O)CCc1cc(F)ccc1F. The van der Waals surface area contributed by atoms with Crippen LogP contribution in [0, 0.1) is 11.6 Å². The van der Waals surface area contributed by atoms with Gasteiger partial charge in [-0.25, -0.2) is 8.78 Å². The van der Waals surface area contributed by atoms with E-state index < -0.39 is 11.6 Å². The van der Waals surface area contributed by atoms with Crippen LogP contribution in [0.1, 0.15) is 37.7 Å². The molecule has 2 amide bonds. The molecule has 8 heteroatoms. The molecule has 1 unspecified atom stereocenters. The summed E-state index contributed by atoms with van der Waals surface area (Å²) in [5.41, 5.74) is 5.56. The van der Waals surface area contributed by atoms with Crippen LogP contribution < -0.4 is 11.1 Å². The van der Waals surface area contributed by atoms with Crippen molar-refractivity contribution in [1.29, 1.82) is 0 Å². The smallest absolute Gasteiger partial charge is 0.223 e. The van der Waals surface area contributed by atoms with Crippen LogP contribution in [0.25, 0.3) is 0 Å². The maximum atomic E-state index is 13.7. The van der Waals surface area contributed by atoms with Gasteiger partial charge in [0, 0.05) is 38.5 Å². The Bertz CT molecular complexity index is 616. The molecule has 146 valence electrons. The Morgan fingerprint density at radius 2 is 2.00 bits per heavy atom. The number of nitrogens with zero attached hydrogens (tertiary/aromatic N) is 1. The van der Waals surface area contributed by atoms with E-state index in [1.165, 1.54) is 0 Å². The van der Waals surface area contributed by atoms with Crippen LogP contribution in [0.5, 0.6) is 0 Å². The summed E-state index contributed by atoms with van der Waals surface area (Å²) < 4.78 is 26.9. The van der Waals surface area contributed by atoms with Gasteiger partial charge in [0.25, 0.3) is 0 Å². The molecule has 0 aromatic heterocycles. The average Bonchev–Trinajstić information content (AvgIpc) is 2.61. The first-order valence-corrected chi connectivity index (χ1v) is 8.71. The maximum absolute atomic E-state index is 13.7. The highest BCUT2D eigenvalue weighted by Crippen LogP contribution is 2.19. The van der Waals surface area contributed by atoms with Crippen molar-refractivity contribution in [1.82, 2.24) is 10.2 Å². The third-order valence-corrected chi connectivity index (χ3v) is 4.47. The number of hydrogen-bond acceptors (Lipinski definition) is 3. The first kappa shape index (κ1) is 22.3. The number of amides is 2. The fourth-order valence-corrected chi connectivity index (χ4v) is 3.11. The molecule has 2 rings (SSSR count). The minimum absolute atomic E-state index is 0. The number of carbonyl (C=O) groups is 2. The van der Waals surface area contributed by atoms with E-state index in [4.69, 9.17) is 5.73 Å². The van der Waals surface area contributed by atoms with Crippen molar-refractivity contribution in [2.75, 3.05) is 19.6 Å². The third-order valence-electron chi connectivity index (χ3n) is 4.47. The average molecular weight is 390 g/mol. The Kier molecular flexibility index (Phi) is 9.51. The van der Waals surface area contributed by atoms with E-state index in [0.29, 0.717) is 19.6 Å². The number of hydrogen-bond donors (Lipinski definition) is 2. The first-order valence-electron chi connectivity index (χ1n) is 8.71. The van der Waals surface area contributed by atoms with Crippen molar-refractivity contribution in [3.8, 4) is 0 Å². The molecule has 5 nitrogen and oxygen atoms in total. The van der Waals surface area contributed by atoms with Crippen LogP contribution in [0.4, 0.5) is 8.78 Å². The summed E-state index contributed by atoms with van der Waals surface area (Å²) in [4.78, 5) is 25.8. The summed E-state index contributed by atoms with van der Waals surface area (Å²) in [5.74, 6) is -1.23. The number of nitrogens with two attached hydrogens (primary N) is 1. The van der Waals surface area contributed by atoms with Gasteiger partial charge in [0.2, 0.25) is 11.8 Å². The topological polar surface area (TPSA) is 75.4 Å². The molecular weight excluding hydrogens is 364 g/mol. The Morgan fingerprint density at radius 1 is 1.23 bits per heavy atom. The van der Waals surface area contributed by atoms with Gasteiger partial charge in [-0.15, -0.1) is 12.4 Å². The lowest BCUT2D eigenvalue weighted by Gasteiger charge is -2.36. The van der Waals surface area contributed by atoms with Gasteiger partial charge in [0.05, 0.1) is 0 Å². The predicted molar refractivity (Wildman–Crippen MR) is 98.0 cm³/mol. The molecule has 1 aromatic carbocycles. The van der Waals surface area contributed by atoms with E-state index in [0.717, 1.165) is 37.5 Å². The molecule has 1 aromatic rings. The minimum atomic E-state index is -0.512. The number of benzene rings is 1. The van der Waals surface area contributed by atoms with E-state index in [1.807, 2.05) is 0 Å². The second-order valence-electron chi connectivity index (χ2n) is 6.32. The summed E-state index contributed by atoms with van der Waals surface area (Å²) in [6.45, 7) is 1.32. The normalized spacial score (nSPS) is 16.7. The lowest BCUT2D eigenvalue weighted by molar-refractivity contribution is -0.135. The lowest BCUT2D eigenvalue weighted by atomic mass is 10.0. The lowest BCUT2D eigenvalue weighted by Crippen LogP contribution is -2.49. The van der Waals surface area contributed by atoms with Crippen LogP contribution in [0.3, 0.4) is 0 Å². The maximum Gasteiger partial charge on any atom is 0.223 e. The van der Waals surface area contributed by atoms with E-state index in [1.54, 1.807) is 4.90 Å². The first-order chi connectivity index (χ1) is 12.0. The van der Waals surface area contributed by atoms with Gasteiger partial charge in [-0.05, 0) is 49.4 Å². The van der Waals surface area contributed by atoms with Gasteiger partial charge in [-0.2, -0.15) is 0 Å². The number of aryl methyl sites for hydroxylation is 1. The van der Waals surface area contributed by atoms with Crippen LogP contribution >= 0.6 is 12.4 Å². The molecule has 0 radical (unpaired) electrons. The number of halogens is 3. The number of rotatable bonds is 7. The van der Waals surface area contributed by atoms with Crippen LogP contribution in [-0.2, 0) is 16.0 Å². The van der Waals surface area contributed by atoms with Gasteiger partial charge < -0.3 is 16.0 Å². The van der Waals surface area contributed by atoms with E-state index >= 15 is 0 Å². The highest BCUT2D eigenvalue weighted by molar-refractivity contribution is 5.85. The molecule has 1 aliphatic rings. The van der Waals surface area contributed by atoms with Gasteiger partial charge in [0.1, 0.15) is 11.6 Å². The molecule has 0 aliphatic carbocycles. The van der Waals surface area contributed by atoms with Crippen molar-refractivity contribution in [3.63, 3.8) is 0 Å². The Hall–Kier alpha value is -1.73. The summed E-state index contributed by atoms with van der Waals surface area (Å²) >= 11 is 0. The zero-order valence-electron chi connectivity index (χ0n) is 14.7. The minimum Gasteiger partial charge on any atom is -0.354 e. The molecule has 1 fully saturated rings. The van der Waals surface area contributed by atoms with E-state index in [2.05, 4.69) is 5.32 Å². The molecule has 1 heterocycles. The zero-order chi connectivity index (χ0) is 18.2. The molecule has 0 saturated carbocycles. The number of carbonyl (C=O) groups excluding carboxylic acids is 2. The molecule has 0 bridgehead atoms. The Balaban J connectivity index is 0.00000338. The van der Waals surface area contributed by atoms with Crippen molar-refractivity contribution in [2.24, 2.45) is 5.73 Å². The molecule has 26 heavy (non-hydrogen) atoms. The number of piperidine rings is 1. The fraction of sp³-hybridized carbons (Fsp3) is 0.556. The molecule has 1 aliphatic heterocycles. The molecule has 1 atom stereocenters. The van der Waals surface area contributed by atoms with Crippen LogP contribution in [0.15, 0.2) is 18.2 Å². The quantitative estimate of drug-likeness (QED) is 0.750. The van der Waals surface area contributed by atoms with Crippen LogP contribution in [0.2, 0.25) is 0 Å². The highest BCUT2D eigenvalue weighted by Gasteiger charge is 2.26. The standard InChI is InChI=1S/C18H25F2N3O2.ClH/c19-14-5-6-16(20)13(11-14)4-7-18(25)23-10-2-1-3-15(23)12-22-17(24)8-9-21;/h5-6,11,15H,1-4,7-10,12,21H2,(H,22,24);1H. The molecular formula is C18H26ClF2N3O2. The zero-order valence-corrected chi connectivity index (χ0v) is 15.5. The highest BCUT2D eigenvalue weighted by atomic mass is 35.5. The monoisotopic (exact) mass is 389 g/mol. The van der Waals surface area contributed by atoms with E-state index in [9.17, 15) is 18.4 Å². The molecule has 3 N–H and O–H groups in total. The fourth-order valence-electron chi connectivity index (χ4n) is 3.11. The predicted octanol–water partition coefficient (Wildman–Crippen LogP) is 2.17. The van der Waals surface area contributed by atoms with E-state index in [-0.39, 0.29) is 55.1 Å². The molecule has 1 saturated heterocycles. The Morgan fingerprint density at radius 3 is 2.73 bits per heavy atom. The van der Waals surface area contributed by atoms with Gasteiger partial charge in [-0.3, -0.25) is 9.59 Å². The second kappa shape index (κ2) is 11.1. The molecule has 0 spiro atoms. The summed E-state index contributed by atoms with van der Waals surface area (Å²) in [7, 11) is 0.